The number of hydrogen-bond acceptors (Lipinski definition) is 2. The second-order valence-electron chi connectivity index (χ2n) is 15.9. The molecule has 0 saturated carbocycles. The maximum absolute atomic E-state index is 9.88. The van der Waals surface area contributed by atoms with Crippen LogP contribution in [-0.4, -0.2) is 11.9 Å². The Bertz CT molecular complexity index is 2800. The average molecular weight is 809 g/mol. The van der Waals surface area contributed by atoms with Crippen LogP contribution in [0.4, 0.5) is 0 Å². The molecule has 302 valence electrons. The normalized spacial score (nSPS) is 12.0. The molecular formula is C61H48N2. The van der Waals surface area contributed by atoms with Gasteiger partial charge in [-0.25, -0.2) is 0 Å². The van der Waals surface area contributed by atoms with Crippen LogP contribution >= 0.6 is 0 Å². The highest BCUT2D eigenvalue weighted by molar-refractivity contribution is 6.11. The van der Waals surface area contributed by atoms with E-state index in [1.54, 1.807) is 0 Å². The molecule has 2 heteroatoms. The Labute approximate surface area is 371 Å². The number of aryl methyl sites for hydroxylation is 1. The molecule has 0 heterocycles. The van der Waals surface area contributed by atoms with E-state index >= 15 is 0 Å². The summed E-state index contributed by atoms with van der Waals surface area (Å²) < 4.78 is 0. The van der Waals surface area contributed by atoms with Gasteiger partial charge in [0.25, 0.3) is 0 Å². The van der Waals surface area contributed by atoms with Crippen molar-refractivity contribution in [3.8, 4) is 0 Å². The second-order valence-corrected chi connectivity index (χ2v) is 15.9. The van der Waals surface area contributed by atoms with Crippen LogP contribution in [0.3, 0.4) is 0 Å². The zero-order valence-corrected chi connectivity index (χ0v) is 35.4. The Morgan fingerprint density at radius 1 is 0.365 bits per heavy atom. The molecule has 9 aromatic carbocycles. The van der Waals surface area contributed by atoms with Gasteiger partial charge in [0.15, 0.2) is 0 Å². The fraction of sp³-hybridized carbons (Fsp3) is 0.0492. The lowest BCUT2D eigenvalue weighted by Gasteiger charge is -2.37. The van der Waals surface area contributed by atoms with Crippen LogP contribution in [0.1, 0.15) is 66.8 Å². The van der Waals surface area contributed by atoms with Crippen LogP contribution in [0.15, 0.2) is 266 Å². The number of benzene rings is 9. The molecule has 0 bridgehead atoms. The van der Waals surface area contributed by atoms with Crippen LogP contribution in [0.5, 0.6) is 0 Å². The second kappa shape index (κ2) is 18.4. The lowest BCUT2D eigenvalue weighted by Crippen LogP contribution is -2.31. The molecule has 0 aliphatic rings. The highest BCUT2D eigenvalue weighted by Crippen LogP contribution is 2.47. The van der Waals surface area contributed by atoms with E-state index in [9.17, 15) is 5.41 Å². The molecule has 0 aromatic heterocycles. The summed E-state index contributed by atoms with van der Waals surface area (Å²) in [6, 6.07) is 90.0. The minimum absolute atomic E-state index is 0.364. The summed E-state index contributed by atoms with van der Waals surface area (Å²) >= 11 is 0. The topological polar surface area (TPSA) is 36.2 Å². The molecule has 9 rings (SSSR count). The van der Waals surface area contributed by atoms with Crippen molar-refractivity contribution in [3.63, 3.8) is 0 Å². The summed E-state index contributed by atoms with van der Waals surface area (Å²) in [6.07, 6.45) is 3.86. The van der Waals surface area contributed by atoms with E-state index in [-0.39, 0.29) is 0 Å². The van der Waals surface area contributed by atoms with Gasteiger partial charge in [-0.05, 0) is 86.3 Å². The third-order valence-corrected chi connectivity index (χ3v) is 12.3. The van der Waals surface area contributed by atoms with Crippen molar-refractivity contribution in [3.05, 3.63) is 328 Å². The molecule has 0 fully saturated rings. The highest BCUT2D eigenvalue weighted by Gasteiger charge is 2.40. The number of nitrogens with zero attached hydrogens (tertiary/aromatic N) is 1. The molecule has 63 heavy (non-hydrogen) atoms. The number of allylic oxidation sites excluding steroid dienone is 1. The van der Waals surface area contributed by atoms with Crippen LogP contribution < -0.4 is 0 Å². The van der Waals surface area contributed by atoms with Gasteiger partial charge in [0.1, 0.15) is 0 Å². The van der Waals surface area contributed by atoms with Gasteiger partial charge in [0.2, 0.25) is 0 Å². The highest BCUT2D eigenvalue weighted by atomic mass is 14.7. The fourth-order valence-corrected chi connectivity index (χ4v) is 9.25. The van der Waals surface area contributed by atoms with E-state index in [0.717, 1.165) is 66.8 Å². The summed E-state index contributed by atoms with van der Waals surface area (Å²) in [6.45, 7) is 2.10. The lowest BCUT2D eigenvalue weighted by molar-refractivity contribution is 0.744. The first-order chi connectivity index (χ1) is 31.1. The maximum Gasteiger partial charge on any atom is 0.0723 e. The quantitative estimate of drug-likeness (QED) is 0.0890. The van der Waals surface area contributed by atoms with Gasteiger partial charge < -0.3 is 5.41 Å². The smallest absolute Gasteiger partial charge is 0.0723 e. The van der Waals surface area contributed by atoms with Gasteiger partial charge in [-0.3, -0.25) is 4.99 Å². The third kappa shape index (κ3) is 7.91. The van der Waals surface area contributed by atoms with Gasteiger partial charge >= 0.3 is 0 Å². The molecule has 0 atom stereocenters. The number of rotatable bonds is 13. The Kier molecular flexibility index (Phi) is 11.8. The van der Waals surface area contributed by atoms with E-state index in [1.807, 2.05) is 30.5 Å². The SMILES string of the molecule is Cc1ccccc1C=N/C(=C\C(=N)c1cccc(C(c2ccccc2)(c2ccccc2)c2ccccc2)c1)c1cccc(C(c2ccccc2)(c2ccccc2)c2ccccc2)c1. The summed E-state index contributed by atoms with van der Waals surface area (Å²) in [5, 5.41) is 9.88. The van der Waals surface area contributed by atoms with E-state index in [0.29, 0.717) is 11.4 Å². The van der Waals surface area contributed by atoms with E-state index in [1.165, 1.54) is 0 Å². The summed E-state index contributed by atoms with van der Waals surface area (Å²) in [5.74, 6) is 0. The molecule has 0 aliphatic carbocycles. The first-order valence-electron chi connectivity index (χ1n) is 21.5. The molecule has 9 aromatic rings. The Hall–Kier alpha value is -7.94. The van der Waals surface area contributed by atoms with Crippen molar-refractivity contribution in [1.82, 2.24) is 0 Å². The molecule has 0 amide bonds. The van der Waals surface area contributed by atoms with Crippen molar-refractivity contribution in [1.29, 1.82) is 5.41 Å². The van der Waals surface area contributed by atoms with Gasteiger partial charge in [-0.15, -0.1) is 0 Å². The van der Waals surface area contributed by atoms with Crippen molar-refractivity contribution in [2.24, 2.45) is 4.99 Å². The van der Waals surface area contributed by atoms with Crippen molar-refractivity contribution in [2.45, 2.75) is 17.8 Å². The Balaban J connectivity index is 1.23. The molecule has 0 unspecified atom stereocenters. The summed E-state index contributed by atoms with van der Waals surface area (Å²) in [7, 11) is 0. The first-order valence-corrected chi connectivity index (χ1v) is 21.5. The van der Waals surface area contributed by atoms with Crippen molar-refractivity contribution < 1.29 is 0 Å². The third-order valence-electron chi connectivity index (χ3n) is 12.3. The number of hydrogen-bond donors (Lipinski definition) is 1. The predicted octanol–water partition coefficient (Wildman–Crippen LogP) is 14.3. The van der Waals surface area contributed by atoms with Gasteiger partial charge in [-0.2, -0.15) is 0 Å². The Morgan fingerprint density at radius 3 is 1.06 bits per heavy atom. The Morgan fingerprint density at radius 2 is 0.683 bits per heavy atom. The fourth-order valence-electron chi connectivity index (χ4n) is 9.25. The van der Waals surface area contributed by atoms with Crippen LogP contribution in [0.25, 0.3) is 5.70 Å². The molecule has 0 radical (unpaired) electrons. The van der Waals surface area contributed by atoms with Crippen LogP contribution in [-0.2, 0) is 10.8 Å². The summed E-state index contributed by atoms with van der Waals surface area (Å²) in [5.41, 5.74) is 12.8. The zero-order valence-electron chi connectivity index (χ0n) is 35.4. The minimum Gasteiger partial charge on any atom is -0.300 e. The van der Waals surface area contributed by atoms with E-state index in [2.05, 4.69) is 244 Å². The van der Waals surface area contributed by atoms with Gasteiger partial charge in [0.05, 0.1) is 22.2 Å². The molecule has 0 aliphatic heterocycles. The predicted molar refractivity (Wildman–Crippen MR) is 263 cm³/mol. The van der Waals surface area contributed by atoms with Crippen LogP contribution in [0, 0.1) is 12.3 Å². The average Bonchev–Trinajstić information content (AvgIpc) is 3.36. The monoisotopic (exact) mass is 808 g/mol. The lowest BCUT2D eigenvalue weighted by atomic mass is 9.65. The molecule has 2 nitrogen and oxygen atoms in total. The zero-order chi connectivity index (χ0) is 42.9. The molecule has 0 saturated heterocycles. The largest absolute Gasteiger partial charge is 0.300 e. The first kappa shape index (κ1) is 40.5. The minimum atomic E-state index is -0.639. The number of aliphatic imine (C=N–C) groups is 1. The standard InChI is InChI=1S/C61H48N2/c1-46-24-20-21-25-49(46)45-63-59(48-27-23-41-57(43-48)61(53-34-14-5-15-35-53,54-36-16-6-17-37-54)55-38-18-7-19-39-55)44-58(62)47-26-22-40-56(42-47)60(50-28-8-2-9-29-50,51-30-10-3-11-31-51)52-32-12-4-13-33-52/h2-45,62H,1H3/b59-44-,62-58?,63-45?. The van der Waals surface area contributed by atoms with Gasteiger partial charge in [-0.1, -0.05) is 243 Å². The number of nitrogens with one attached hydrogen (secondary N) is 1. The van der Waals surface area contributed by atoms with Gasteiger partial charge in [0, 0.05) is 11.8 Å². The molecule has 0 spiro atoms. The van der Waals surface area contributed by atoms with Crippen molar-refractivity contribution >= 4 is 17.6 Å². The molecular weight excluding hydrogens is 761 g/mol. The maximum atomic E-state index is 9.88. The van der Waals surface area contributed by atoms with Crippen LogP contribution in [0.2, 0.25) is 0 Å². The summed E-state index contributed by atoms with van der Waals surface area (Å²) in [4.78, 5) is 5.24. The van der Waals surface area contributed by atoms with Crippen molar-refractivity contribution in [2.75, 3.05) is 0 Å². The van der Waals surface area contributed by atoms with E-state index in [4.69, 9.17) is 4.99 Å². The molecule has 1 N–H and O–H groups in total. The van der Waals surface area contributed by atoms with E-state index < -0.39 is 10.8 Å².